The number of para-hydroxylation sites is 1. The number of rotatable bonds is 6. The lowest BCUT2D eigenvalue weighted by Crippen LogP contribution is -2.15. The number of aromatic nitrogens is 3. The molecule has 0 aliphatic heterocycles. The topological polar surface area (TPSA) is 83.4 Å². The molecular weight excluding hydrogens is 270 g/mol. The fraction of sp³-hybridized carbons (Fsp3) is 0.357. The van der Waals surface area contributed by atoms with Crippen molar-refractivity contribution >= 4 is 11.9 Å². The first kappa shape index (κ1) is 15.0. The molecule has 0 aliphatic carbocycles. The first-order chi connectivity index (χ1) is 10.1. The lowest BCUT2D eigenvalue weighted by Gasteiger charge is -2.14. The number of ether oxygens (including phenoxy) is 1. The van der Waals surface area contributed by atoms with E-state index in [0.29, 0.717) is 29.8 Å². The molecule has 0 unspecified atom stereocenters. The van der Waals surface area contributed by atoms with Gasteiger partial charge >= 0.3 is 6.01 Å². The van der Waals surface area contributed by atoms with E-state index in [1.54, 1.807) is 17.0 Å². The summed E-state index contributed by atoms with van der Waals surface area (Å²) in [5.41, 5.74) is 0.675. The summed E-state index contributed by atoms with van der Waals surface area (Å²) >= 11 is 0. The van der Waals surface area contributed by atoms with Gasteiger partial charge in [-0.2, -0.15) is 15.0 Å². The van der Waals surface area contributed by atoms with Crippen LogP contribution in [-0.2, 0) is 6.61 Å². The van der Waals surface area contributed by atoms with Crippen LogP contribution in [0.5, 0.6) is 11.8 Å². The standard InChI is InChI=1S/C14H19N5O2/c1-4-15-12-16-13(19(2)3)18-14(17-12)21-11-8-6-5-7-10(11)9-20/h5-8,20H,4,9H2,1-3H3,(H,15,16,17,18). The van der Waals surface area contributed by atoms with Gasteiger partial charge in [0.15, 0.2) is 0 Å². The third-order valence-corrected chi connectivity index (χ3v) is 2.68. The Bertz CT molecular complexity index is 604. The zero-order valence-electron chi connectivity index (χ0n) is 12.4. The van der Waals surface area contributed by atoms with Crippen molar-refractivity contribution in [2.45, 2.75) is 13.5 Å². The Morgan fingerprint density at radius 2 is 1.95 bits per heavy atom. The number of hydrogen-bond donors (Lipinski definition) is 2. The van der Waals surface area contributed by atoms with Crippen molar-refractivity contribution in [3.63, 3.8) is 0 Å². The van der Waals surface area contributed by atoms with Crippen LogP contribution in [0, 0.1) is 0 Å². The van der Waals surface area contributed by atoms with Gasteiger partial charge in [-0.05, 0) is 13.0 Å². The van der Waals surface area contributed by atoms with Crippen LogP contribution in [0.15, 0.2) is 24.3 Å². The molecule has 0 radical (unpaired) electrons. The molecule has 2 rings (SSSR count). The summed E-state index contributed by atoms with van der Waals surface area (Å²) < 4.78 is 5.69. The molecular formula is C14H19N5O2. The highest BCUT2D eigenvalue weighted by molar-refractivity contribution is 5.39. The van der Waals surface area contributed by atoms with E-state index in [4.69, 9.17) is 4.74 Å². The highest BCUT2D eigenvalue weighted by atomic mass is 16.5. The smallest absolute Gasteiger partial charge is 0.328 e. The molecule has 1 heterocycles. The number of hydrogen-bond acceptors (Lipinski definition) is 7. The maximum atomic E-state index is 9.32. The van der Waals surface area contributed by atoms with Gasteiger partial charge in [0.1, 0.15) is 5.75 Å². The maximum Gasteiger partial charge on any atom is 0.328 e. The van der Waals surface area contributed by atoms with E-state index in [9.17, 15) is 5.11 Å². The zero-order chi connectivity index (χ0) is 15.2. The second-order valence-electron chi connectivity index (χ2n) is 4.53. The fourth-order valence-electron chi connectivity index (χ4n) is 1.66. The summed E-state index contributed by atoms with van der Waals surface area (Å²) in [5.74, 6) is 1.48. The Kier molecular flexibility index (Phi) is 4.89. The van der Waals surface area contributed by atoms with Crippen molar-refractivity contribution in [2.75, 3.05) is 30.9 Å². The summed E-state index contributed by atoms with van der Waals surface area (Å²) in [4.78, 5) is 14.5. The van der Waals surface area contributed by atoms with Crippen LogP contribution >= 0.6 is 0 Å². The molecule has 0 aliphatic rings. The summed E-state index contributed by atoms with van der Waals surface area (Å²) in [5, 5.41) is 12.4. The Morgan fingerprint density at radius 3 is 2.62 bits per heavy atom. The normalized spacial score (nSPS) is 10.3. The Labute approximate surface area is 123 Å². The van der Waals surface area contributed by atoms with Crippen molar-refractivity contribution in [2.24, 2.45) is 0 Å². The maximum absolute atomic E-state index is 9.32. The summed E-state index contributed by atoms with van der Waals surface area (Å²) in [6, 6.07) is 7.40. The number of aliphatic hydroxyl groups is 1. The van der Waals surface area contributed by atoms with Gasteiger partial charge in [-0.1, -0.05) is 18.2 Å². The van der Waals surface area contributed by atoms with Crippen LogP contribution in [-0.4, -0.2) is 40.7 Å². The van der Waals surface area contributed by atoms with Crippen LogP contribution in [0.1, 0.15) is 12.5 Å². The summed E-state index contributed by atoms with van der Waals surface area (Å²) in [7, 11) is 3.69. The molecule has 0 fully saturated rings. The molecule has 0 atom stereocenters. The molecule has 1 aromatic heterocycles. The van der Waals surface area contributed by atoms with Crippen molar-refractivity contribution in [3.8, 4) is 11.8 Å². The number of anilines is 2. The van der Waals surface area contributed by atoms with Gasteiger partial charge in [0.25, 0.3) is 0 Å². The molecule has 0 saturated heterocycles. The molecule has 7 heteroatoms. The largest absolute Gasteiger partial charge is 0.424 e. The van der Waals surface area contributed by atoms with Crippen LogP contribution in [0.2, 0.25) is 0 Å². The Balaban J connectivity index is 2.34. The van der Waals surface area contributed by atoms with Crippen LogP contribution in [0.3, 0.4) is 0 Å². The quantitative estimate of drug-likeness (QED) is 0.836. The molecule has 0 amide bonds. The van der Waals surface area contributed by atoms with Gasteiger partial charge in [0.2, 0.25) is 11.9 Å². The van der Waals surface area contributed by atoms with Gasteiger partial charge in [0.05, 0.1) is 6.61 Å². The van der Waals surface area contributed by atoms with E-state index in [0.717, 1.165) is 0 Å². The fourth-order valence-corrected chi connectivity index (χ4v) is 1.66. The van der Waals surface area contributed by atoms with Crippen LogP contribution in [0.25, 0.3) is 0 Å². The molecule has 1 aromatic carbocycles. The monoisotopic (exact) mass is 289 g/mol. The van der Waals surface area contributed by atoms with Gasteiger partial charge in [0, 0.05) is 26.2 Å². The molecule has 0 spiro atoms. The molecule has 7 nitrogen and oxygen atoms in total. The van der Waals surface area contributed by atoms with Crippen molar-refractivity contribution in [3.05, 3.63) is 29.8 Å². The average Bonchev–Trinajstić information content (AvgIpc) is 2.48. The third kappa shape index (κ3) is 3.79. The van der Waals surface area contributed by atoms with Gasteiger partial charge < -0.3 is 20.1 Å². The molecule has 2 aromatic rings. The molecule has 112 valence electrons. The summed E-state index contributed by atoms with van der Waals surface area (Å²) in [6.45, 7) is 2.55. The van der Waals surface area contributed by atoms with Gasteiger partial charge in [-0.25, -0.2) is 0 Å². The van der Waals surface area contributed by atoms with Crippen molar-refractivity contribution < 1.29 is 9.84 Å². The van der Waals surface area contributed by atoms with Crippen molar-refractivity contribution in [1.29, 1.82) is 0 Å². The molecule has 0 saturated carbocycles. The van der Waals surface area contributed by atoms with E-state index < -0.39 is 0 Å². The van der Waals surface area contributed by atoms with Crippen molar-refractivity contribution in [1.82, 2.24) is 15.0 Å². The second-order valence-corrected chi connectivity index (χ2v) is 4.53. The van der Waals surface area contributed by atoms with Crippen LogP contribution < -0.4 is 15.0 Å². The van der Waals surface area contributed by atoms with Gasteiger partial charge in [-0.15, -0.1) is 0 Å². The van der Waals surface area contributed by atoms with E-state index in [-0.39, 0.29) is 12.6 Å². The number of nitrogens with zero attached hydrogens (tertiary/aromatic N) is 4. The average molecular weight is 289 g/mol. The Morgan fingerprint density at radius 1 is 1.19 bits per heavy atom. The zero-order valence-corrected chi connectivity index (χ0v) is 12.4. The highest BCUT2D eigenvalue weighted by Gasteiger charge is 2.11. The minimum atomic E-state index is -0.109. The minimum Gasteiger partial charge on any atom is -0.424 e. The van der Waals surface area contributed by atoms with E-state index in [1.807, 2.05) is 33.2 Å². The number of nitrogens with one attached hydrogen (secondary N) is 1. The molecule has 2 N–H and O–H groups in total. The summed E-state index contributed by atoms with van der Waals surface area (Å²) in [6.07, 6.45) is 0. The number of benzene rings is 1. The highest BCUT2D eigenvalue weighted by Crippen LogP contribution is 2.24. The minimum absolute atomic E-state index is 0.109. The Hall–Kier alpha value is -2.41. The number of aliphatic hydroxyl groups excluding tert-OH is 1. The second kappa shape index (κ2) is 6.85. The van der Waals surface area contributed by atoms with Gasteiger partial charge in [-0.3, -0.25) is 0 Å². The third-order valence-electron chi connectivity index (χ3n) is 2.68. The lowest BCUT2D eigenvalue weighted by molar-refractivity contribution is 0.275. The lowest BCUT2D eigenvalue weighted by atomic mass is 10.2. The van der Waals surface area contributed by atoms with Crippen LogP contribution in [0.4, 0.5) is 11.9 Å². The SMILES string of the molecule is CCNc1nc(Oc2ccccc2CO)nc(N(C)C)n1. The van der Waals surface area contributed by atoms with E-state index >= 15 is 0 Å². The molecule has 21 heavy (non-hydrogen) atoms. The predicted molar refractivity (Wildman–Crippen MR) is 80.8 cm³/mol. The van der Waals surface area contributed by atoms with E-state index in [2.05, 4.69) is 20.3 Å². The predicted octanol–water partition coefficient (Wildman–Crippen LogP) is 1.65. The molecule has 0 bridgehead atoms. The first-order valence-electron chi connectivity index (χ1n) is 6.68. The first-order valence-corrected chi connectivity index (χ1v) is 6.68. The van der Waals surface area contributed by atoms with E-state index in [1.165, 1.54) is 0 Å².